The molecule has 6 heteroatoms. The highest BCUT2D eigenvalue weighted by Crippen LogP contribution is 2.33. The van der Waals surface area contributed by atoms with E-state index < -0.39 is 0 Å². The molecule has 3 rings (SSSR count). The number of carbonyl (C=O) groups excluding carboxylic acids is 1. The van der Waals surface area contributed by atoms with E-state index in [9.17, 15) is 4.79 Å². The minimum Gasteiger partial charge on any atom is -0.305 e. The highest BCUT2D eigenvalue weighted by Gasteiger charge is 2.19. The third-order valence-corrected chi connectivity index (χ3v) is 3.77. The normalized spacial score (nSPS) is 14.8. The summed E-state index contributed by atoms with van der Waals surface area (Å²) in [4.78, 5) is 16.0. The molecule has 0 aliphatic heterocycles. The first-order valence-corrected chi connectivity index (χ1v) is 6.99. The number of carbonyl (C=O) groups is 1. The lowest BCUT2D eigenvalue weighted by molar-refractivity contribution is 0.102. The van der Waals surface area contributed by atoms with Gasteiger partial charge in [-0.1, -0.05) is 12.8 Å². The zero-order valence-electron chi connectivity index (χ0n) is 11.5. The van der Waals surface area contributed by atoms with Crippen LogP contribution in [-0.4, -0.2) is 21.1 Å². The van der Waals surface area contributed by atoms with E-state index in [4.69, 9.17) is 5.26 Å². The number of aromatic amines is 1. The molecular weight excluding hydrogens is 266 g/mol. The quantitative estimate of drug-likeness (QED) is 0.904. The molecule has 0 atom stereocenters. The van der Waals surface area contributed by atoms with Crippen LogP contribution >= 0.6 is 0 Å². The van der Waals surface area contributed by atoms with Crippen LogP contribution < -0.4 is 5.32 Å². The number of hydrogen-bond donors (Lipinski definition) is 2. The van der Waals surface area contributed by atoms with Gasteiger partial charge in [0.15, 0.2) is 5.82 Å². The van der Waals surface area contributed by atoms with E-state index >= 15 is 0 Å². The van der Waals surface area contributed by atoms with Crippen LogP contribution in [0.2, 0.25) is 0 Å². The second kappa shape index (κ2) is 5.75. The maximum atomic E-state index is 12.1. The van der Waals surface area contributed by atoms with Gasteiger partial charge < -0.3 is 5.32 Å². The van der Waals surface area contributed by atoms with Crippen molar-refractivity contribution >= 4 is 11.7 Å². The summed E-state index contributed by atoms with van der Waals surface area (Å²) in [6, 6.07) is 6.83. The number of hydrogen-bond acceptors (Lipinski definition) is 4. The van der Waals surface area contributed by atoms with Gasteiger partial charge in [-0.3, -0.25) is 9.89 Å². The van der Waals surface area contributed by atoms with Crippen molar-refractivity contribution in [2.75, 3.05) is 5.32 Å². The standard InChI is InChI=1S/C15H15N5O/c16-9-12-7-11(5-6-17-12)15(21)18-14-8-13(19-20-14)10-3-1-2-4-10/h5-8,10H,1-4H2,(H2,18,19,20,21). The Bertz CT molecular complexity index is 694. The van der Waals surface area contributed by atoms with Gasteiger partial charge in [0.25, 0.3) is 5.91 Å². The first-order chi connectivity index (χ1) is 10.3. The molecule has 2 N–H and O–H groups in total. The Morgan fingerprint density at radius 1 is 1.38 bits per heavy atom. The third-order valence-electron chi connectivity index (χ3n) is 3.77. The van der Waals surface area contributed by atoms with Gasteiger partial charge in [0.2, 0.25) is 0 Å². The Morgan fingerprint density at radius 3 is 2.95 bits per heavy atom. The predicted molar refractivity (Wildman–Crippen MR) is 76.7 cm³/mol. The lowest BCUT2D eigenvalue weighted by Gasteiger charge is -2.03. The van der Waals surface area contributed by atoms with Crippen molar-refractivity contribution in [3.05, 3.63) is 41.3 Å². The molecule has 21 heavy (non-hydrogen) atoms. The van der Waals surface area contributed by atoms with E-state index in [0.29, 0.717) is 17.3 Å². The molecule has 0 aromatic carbocycles. The van der Waals surface area contributed by atoms with E-state index in [2.05, 4.69) is 20.5 Å². The third kappa shape index (κ3) is 2.92. The SMILES string of the molecule is N#Cc1cc(C(=O)Nc2cc(C3CCCC3)[nH]n2)ccn1. The number of amides is 1. The van der Waals surface area contributed by atoms with Gasteiger partial charge in [-0.15, -0.1) is 0 Å². The molecule has 0 spiro atoms. The van der Waals surface area contributed by atoms with Crippen molar-refractivity contribution in [2.24, 2.45) is 0 Å². The molecule has 0 radical (unpaired) electrons. The van der Waals surface area contributed by atoms with Crippen LogP contribution in [0.15, 0.2) is 24.4 Å². The van der Waals surface area contributed by atoms with Crippen LogP contribution in [-0.2, 0) is 0 Å². The summed E-state index contributed by atoms with van der Waals surface area (Å²) in [5.41, 5.74) is 1.69. The van der Waals surface area contributed by atoms with Crippen LogP contribution in [0.25, 0.3) is 0 Å². The topological polar surface area (TPSA) is 94.5 Å². The molecule has 2 heterocycles. The summed E-state index contributed by atoms with van der Waals surface area (Å²) in [6.45, 7) is 0. The molecule has 0 saturated heterocycles. The maximum absolute atomic E-state index is 12.1. The summed E-state index contributed by atoms with van der Waals surface area (Å²) in [6.07, 6.45) is 6.29. The van der Waals surface area contributed by atoms with Gasteiger partial charge >= 0.3 is 0 Å². The predicted octanol–water partition coefficient (Wildman–Crippen LogP) is 2.59. The van der Waals surface area contributed by atoms with Crippen molar-refractivity contribution in [3.8, 4) is 6.07 Å². The van der Waals surface area contributed by atoms with Crippen molar-refractivity contribution in [2.45, 2.75) is 31.6 Å². The second-order valence-electron chi connectivity index (χ2n) is 5.19. The smallest absolute Gasteiger partial charge is 0.257 e. The van der Waals surface area contributed by atoms with Crippen LogP contribution in [0.5, 0.6) is 0 Å². The number of pyridine rings is 1. The molecule has 106 valence electrons. The number of rotatable bonds is 3. The molecule has 0 bridgehead atoms. The summed E-state index contributed by atoms with van der Waals surface area (Å²) < 4.78 is 0. The molecule has 0 unspecified atom stereocenters. The summed E-state index contributed by atoms with van der Waals surface area (Å²) in [7, 11) is 0. The highest BCUT2D eigenvalue weighted by molar-refractivity contribution is 6.03. The first kappa shape index (κ1) is 13.3. The molecule has 1 fully saturated rings. The Labute approximate surface area is 122 Å². The second-order valence-corrected chi connectivity index (χ2v) is 5.19. The summed E-state index contributed by atoms with van der Waals surface area (Å²) in [5, 5.41) is 18.7. The Balaban J connectivity index is 1.71. The van der Waals surface area contributed by atoms with E-state index in [1.54, 1.807) is 6.07 Å². The van der Waals surface area contributed by atoms with E-state index in [-0.39, 0.29) is 11.6 Å². The monoisotopic (exact) mass is 281 g/mol. The number of aromatic nitrogens is 3. The lowest BCUT2D eigenvalue weighted by Crippen LogP contribution is -2.12. The highest BCUT2D eigenvalue weighted by atomic mass is 16.1. The molecule has 1 aliphatic carbocycles. The number of nitrogens with one attached hydrogen (secondary N) is 2. The summed E-state index contributed by atoms with van der Waals surface area (Å²) in [5.74, 6) is 0.741. The molecular formula is C15H15N5O. The number of H-pyrrole nitrogens is 1. The minimum atomic E-state index is -0.293. The van der Waals surface area contributed by atoms with Crippen molar-refractivity contribution < 1.29 is 4.79 Å². The number of nitrogens with zero attached hydrogens (tertiary/aromatic N) is 3. The molecule has 6 nitrogen and oxygen atoms in total. The fourth-order valence-electron chi connectivity index (χ4n) is 2.67. The maximum Gasteiger partial charge on any atom is 0.257 e. The van der Waals surface area contributed by atoms with Gasteiger partial charge in [-0.25, -0.2) is 4.98 Å². The zero-order valence-corrected chi connectivity index (χ0v) is 11.5. The van der Waals surface area contributed by atoms with E-state index in [1.807, 2.05) is 12.1 Å². The average Bonchev–Trinajstić information content (AvgIpc) is 3.18. The molecule has 1 amide bonds. The lowest BCUT2D eigenvalue weighted by atomic mass is 10.0. The van der Waals surface area contributed by atoms with E-state index in [0.717, 1.165) is 5.69 Å². The van der Waals surface area contributed by atoms with Gasteiger partial charge in [0, 0.05) is 29.4 Å². The molecule has 1 saturated carbocycles. The fourth-order valence-corrected chi connectivity index (χ4v) is 2.67. The van der Waals surface area contributed by atoms with Gasteiger partial charge in [0.1, 0.15) is 11.8 Å². The van der Waals surface area contributed by atoms with Gasteiger partial charge in [-0.05, 0) is 25.0 Å². The Kier molecular flexibility index (Phi) is 3.65. The van der Waals surface area contributed by atoms with Crippen molar-refractivity contribution in [1.82, 2.24) is 15.2 Å². The molecule has 2 aromatic heterocycles. The van der Waals surface area contributed by atoms with Crippen LogP contribution in [0, 0.1) is 11.3 Å². The Morgan fingerprint density at radius 2 is 2.19 bits per heavy atom. The minimum absolute atomic E-state index is 0.219. The largest absolute Gasteiger partial charge is 0.305 e. The van der Waals surface area contributed by atoms with Gasteiger partial charge in [0.05, 0.1) is 0 Å². The molecule has 2 aromatic rings. The molecule has 1 aliphatic rings. The van der Waals surface area contributed by atoms with Crippen molar-refractivity contribution in [3.63, 3.8) is 0 Å². The zero-order chi connectivity index (χ0) is 14.7. The van der Waals surface area contributed by atoms with Crippen LogP contribution in [0.3, 0.4) is 0 Å². The fraction of sp³-hybridized carbons (Fsp3) is 0.333. The number of nitriles is 1. The van der Waals surface area contributed by atoms with Crippen molar-refractivity contribution in [1.29, 1.82) is 5.26 Å². The summed E-state index contributed by atoms with van der Waals surface area (Å²) >= 11 is 0. The number of anilines is 1. The van der Waals surface area contributed by atoms with Crippen LogP contribution in [0.1, 0.15) is 53.3 Å². The van der Waals surface area contributed by atoms with E-state index in [1.165, 1.54) is 37.9 Å². The van der Waals surface area contributed by atoms with Gasteiger partial charge in [-0.2, -0.15) is 10.4 Å². The average molecular weight is 281 g/mol. The Hall–Kier alpha value is -2.68. The first-order valence-electron chi connectivity index (χ1n) is 6.99. The van der Waals surface area contributed by atoms with Crippen LogP contribution in [0.4, 0.5) is 5.82 Å².